The van der Waals surface area contributed by atoms with Gasteiger partial charge in [-0.25, -0.2) is 8.42 Å². The van der Waals surface area contributed by atoms with Crippen LogP contribution in [0.3, 0.4) is 0 Å². The van der Waals surface area contributed by atoms with Gasteiger partial charge in [0.15, 0.2) is 11.3 Å². The van der Waals surface area contributed by atoms with Crippen molar-refractivity contribution in [1.82, 2.24) is 5.32 Å². The lowest BCUT2D eigenvalue weighted by Gasteiger charge is -2.29. The second-order valence-electron chi connectivity index (χ2n) is 6.72. The molecule has 0 atom stereocenters. The van der Waals surface area contributed by atoms with Gasteiger partial charge in [-0.15, -0.1) is 0 Å². The SMILES string of the molecule is COc1c(C)oc2c(N3CCNCC3)cc(NS(=O)(=O)c3ccccc3)cc12. The van der Waals surface area contributed by atoms with Crippen LogP contribution in [-0.4, -0.2) is 41.7 Å². The number of ether oxygens (including phenoxy) is 1. The Morgan fingerprint density at radius 2 is 1.86 bits per heavy atom. The van der Waals surface area contributed by atoms with E-state index in [1.54, 1.807) is 43.5 Å². The third-order valence-electron chi connectivity index (χ3n) is 4.86. The first kappa shape index (κ1) is 18.6. The van der Waals surface area contributed by atoms with Crippen LogP contribution in [0.15, 0.2) is 51.8 Å². The number of hydrogen-bond acceptors (Lipinski definition) is 6. The molecule has 148 valence electrons. The molecule has 0 saturated carbocycles. The Morgan fingerprint density at radius 3 is 2.54 bits per heavy atom. The fraction of sp³-hybridized carbons (Fsp3) is 0.300. The van der Waals surface area contributed by atoms with Crippen LogP contribution in [0, 0.1) is 6.92 Å². The van der Waals surface area contributed by atoms with Crippen LogP contribution in [0.2, 0.25) is 0 Å². The zero-order valence-corrected chi connectivity index (χ0v) is 16.7. The average molecular weight is 401 g/mol. The molecule has 2 heterocycles. The highest BCUT2D eigenvalue weighted by molar-refractivity contribution is 7.92. The van der Waals surface area contributed by atoms with Crippen LogP contribution < -0.4 is 19.7 Å². The summed E-state index contributed by atoms with van der Waals surface area (Å²) in [4.78, 5) is 2.41. The second-order valence-corrected chi connectivity index (χ2v) is 8.40. The van der Waals surface area contributed by atoms with Crippen LogP contribution in [0.25, 0.3) is 11.0 Å². The lowest BCUT2D eigenvalue weighted by molar-refractivity contribution is 0.402. The lowest BCUT2D eigenvalue weighted by Crippen LogP contribution is -2.43. The van der Waals surface area contributed by atoms with Gasteiger partial charge in [-0.05, 0) is 31.2 Å². The number of benzene rings is 2. The van der Waals surface area contributed by atoms with Crippen LogP contribution in [0.4, 0.5) is 11.4 Å². The standard InChI is InChI=1S/C20H23N3O4S/c1-14-19(26-2)17-12-15(22-28(24,25)16-6-4-3-5-7-16)13-18(20(17)27-14)23-10-8-21-9-11-23/h3-7,12-13,21-22H,8-11H2,1-2H3. The average Bonchev–Trinajstić information content (AvgIpc) is 3.03. The molecule has 0 unspecified atom stereocenters. The van der Waals surface area contributed by atoms with Crippen LogP contribution in [0.1, 0.15) is 5.76 Å². The van der Waals surface area contributed by atoms with E-state index in [0.29, 0.717) is 22.8 Å². The normalized spacial score (nSPS) is 15.0. The molecular formula is C20H23N3O4S. The van der Waals surface area contributed by atoms with Gasteiger partial charge in [0.1, 0.15) is 5.76 Å². The summed E-state index contributed by atoms with van der Waals surface area (Å²) in [7, 11) is -2.11. The van der Waals surface area contributed by atoms with Crippen LogP contribution >= 0.6 is 0 Å². The first-order valence-corrected chi connectivity index (χ1v) is 10.6. The van der Waals surface area contributed by atoms with Gasteiger partial charge in [-0.2, -0.15) is 0 Å². The van der Waals surface area contributed by atoms with Crippen molar-refractivity contribution in [2.24, 2.45) is 0 Å². The zero-order valence-electron chi connectivity index (χ0n) is 15.9. The Hall–Kier alpha value is -2.71. The van der Waals surface area contributed by atoms with Crippen molar-refractivity contribution >= 4 is 32.4 Å². The number of aryl methyl sites for hydroxylation is 1. The summed E-state index contributed by atoms with van der Waals surface area (Å²) in [6.07, 6.45) is 0. The molecule has 0 spiro atoms. The summed E-state index contributed by atoms with van der Waals surface area (Å²) in [5.74, 6) is 1.28. The number of hydrogen-bond donors (Lipinski definition) is 2. The van der Waals surface area contributed by atoms with E-state index in [9.17, 15) is 8.42 Å². The molecule has 1 fully saturated rings. The Bertz CT molecular complexity index is 1090. The number of rotatable bonds is 5. The van der Waals surface area contributed by atoms with Crippen molar-refractivity contribution in [3.63, 3.8) is 0 Å². The molecule has 1 aliphatic rings. The Kier molecular flexibility index (Phi) is 4.91. The first-order valence-electron chi connectivity index (χ1n) is 9.14. The van der Waals surface area contributed by atoms with Gasteiger partial charge in [0.2, 0.25) is 0 Å². The summed E-state index contributed by atoms with van der Waals surface area (Å²) < 4.78 is 39.8. The fourth-order valence-corrected chi connectivity index (χ4v) is 4.61. The topological polar surface area (TPSA) is 83.8 Å². The smallest absolute Gasteiger partial charge is 0.261 e. The van der Waals surface area contributed by atoms with Gasteiger partial charge in [0.05, 0.1) is 28.8 Å². The highest BCUT2D eigenvalue weighted by Crippen LogP contribution is 2.40. The quantitative estimate of drug-likeness (QED) is 0.684. The number of furan rings is 1. The van der Waals surface area contributed by atoms with E-state index in [4.69, 9.17) is 9.15 Å². The number of nitrogens with one attached hydrogen (secondary N) is 2. The molecule has 4 rings (SSSR count). The monoisotopic (exact) mass is 401 g/mol. The Balaban J connectivity index is 1.82. The van der Waals surface area contributed by atoms with Crippen LogP contribution in [-0.2, 0) is 10.0 Å². The molecule has 28 heavy (non-hydrogen) atoms. The Labute approximate surface area is 164 Å². The van der Waals surface area contributed by atoms with Gasteiger partial charge < -0.3 is 19.4 Å². The molecule has 1 saturated heterocycles. The van der Waals surface area contributed by atoms with Gasteiger partial charge in [-0.1, -0.05) is 18.2 Å². The third-order valence-corrected chi connectivity index (χ3v) is 6.25. The largest absolute Gasteiger partial charge is 0.492 e. The van der Waals surface area contributed by atoms with Gasteiger partial charge in [0, 0.05) is 26.2 Å². The van der Waals surface area contributed by atoms with Crippen molar-refractivity contribution in [2.45, 2.75) is 11.8 Å². The van der Waals surface area contributed by atoms with E-state index in [-0.39, 0.29) is 4.90 Å². The summed E-state index contributed by atoms with van der Waals surface area (Å²) in [5.41, 5.74) is 2.04. The summed E-state index contributed by atoms with van der Waals surface area (Å²) in [5, 5.41) is 4.08. The number of fused-ring (bicyclic) bond motifs is 1. The minimum Gasteiger partial charge on any atom is -0.492 e. The number of methoxy groups -OCH3 is 1. The number of anilines is 2. The minimum atomic E-state index is -3.69. The summed E-state index contributed by atoms with van der Waals surface area (Å²) in [6.45, 7) is 5.18. The van der Waals surface area contributed by atoms with E-state index >= 15 is 0 Å². The predicted molar refractivity (Wildman–Crippen MR) is 110 cm³/mol. The molecule has 0 bridgehead atoms. The maximum absolute atomic E-state index is 12.8. The highest BCUT2D eigenvalue weighted by atomic mass is 32.2. The molecule has 2 N–H and O–H groups in total. The van der Waals surface area contributed by atoms with Gasteiger partial charge in [0.25, 0.3) is 10.0 Å². The molecule has 3 aromatic rings. The maximum Gasteiger partial charge on any atom is 0.261 e. The fourth-order valence-electron chi connectivity index (χ4n) is 3.55. The minimum absolute atomic E-state index is 0.217. The van der Waals surface area contributed by atoms with Crippen LogP contribution in [0.5, 0.6) is 5.75 Å². The van der Waals surface area contributed by atoms with E-state index in [1.807, 2.05) is 13.0 Å². The summed E-state index contributed by atoms with van der Waals surface area (Å²) in [6, 6.07) is 11.9. The predicted octanol–water partition coefficient (Wildman–Crippen LogP) is 2.96. The highest BCUT2D eigenvalue weighted by Gasteiger charge is 2.23. The van der Waals surface area contributed by atoms with E-state index in [1.165, 1.54) is 0 Å². The molecule has 0 amide bonds. The van der Waals surface area contributed by atoms with Gasteiger partial charge in [-0.3, -0.25) is 4.72 Å². The first-order chi connectivity index (χ1) is 13.5. The molecular weight excluding hydrogens is 378 g/mol. The molecule has 7 nitrogen and oxygen atoms in total. The van der Waals surface area contributed by atoms with Crippen molar-refractivity contribution < 1.29 is 17.6 Å². The molecule has 2 aromatic carbocycles. The molecule has 1 aromatic heterocycles. The van der Waals surface area contributed by atoms with E-state index in [0.717, 1.165) is 37.3 Å². The van der Waals surface area contributed by atoms with E-state index < -0.39 is 10.0 Å². The molecule has 0 radical (unpaired) electrons. The zero-order chi connectivity index (χ0) is 19.7. The van der Waals surface area contributed by atoms with Crippen molar-refractivity contribution in [2.75, 3.05) is 42.9 Å². The number of nitrogens with zero attached hydrogens (tertiary/aromatic N) is 1. The number of piperazine rings is 1. The lowest BCUT2D eigenvalue weighted by atomic mass is 10.1. The number of sulfonamides is 1. The van der Waals surface area contributed by atoms with Crippen molar-refractivity contribution in [1.29, 1.82) is 0 Å². The molecule has 8 heteroatoms. The van der Waals surface area contributed by atoms with Gasteiger partial charge >= 0.3 is 0 Å². The Morgan fingerprint density at radius 1 is 1.14 bits per heavy atom. The molecule has 1 aliphatic heterocycles. The second kappa shape index (κ2) is 7.37. The maximum atomic E-state index is 12.8. The molecule has 0 aliphatic carbocycles. The van der Waals surface area contributed by atoms with E-state index in [2.05, 4.69) is 14.9 Å². The van der Waals surface area contributed by atoms with Crippen molar-refractivity contribution in [3.05, 3.63) is 48.2 Å². The third kappa shape index (κ3) is 3.41. The summed E-state index contributed by atoms with van der Waals surface area (Å²) >= 11 is 0. The van der Waals surface area contributed by atoms with Crippen molar-refractivity contribution in [3.8, 4) is 5.75 Å².